The third-order valence-corrected chi connectivity index (χ3v) is 4.42. The van der Waals surface area contributed by atoms with Crippen molar-refractivity contribution in [3.8, 4) is 0 Å². The van der Waals surface area contributed by atoms with Crippen LogP contribution >= 0.6 is 11.8 Å². The summed E-state index contributed by atoms with van der Waals surface area (Å²) in [6, 6.07) is 17.0. The minimum atomic E-state index is -0.362. The summed E-state index contributed by atoms with van der Waals surface area (Å²) in [5.41, 5.74) is 8.87. The van der Waals surface area contributed by atoms with Crippen molar-refractivity contribution in [2.45, 2.75) is 12.7 Å². The molecular weight excluding hydrogens is 334 g/mol. The summed E-state index contributed by atoms with van der Waals surface area (Å²) >= 11 is 1.43. The fraction of sp³-hybridized carbons (Fsp3) is 0.105. The molecule has 1 aromatic heterocycles. The Hall–Kier alpha value is -2.86. The molecule has 3 aromatic rings. The molecular formula is C19H17N3O2S. The number of thioether (sulfide) groups is 1. The monoisotopic (exact) mass is 351 g/mol. The third-order valence-electron chi connectivity index (χ3n) is 3.57. The van der Waals surface area contributed by atoms with Gasteiger partial charge in [-0.15, -0.1) is 5.10 Å². The summed E-state index contributed by atoms with van der Waals surface area (Å²) in [7, 11) is 0. The van der Waals surface area contributed by atoms with E-state index in [9.17, 15) is 4.79 Å². The van der Waals surface area contributed by atoms with Crippen molar-refractivity contribution in [2.24, 2.45) is 15.9 Å². The molecule has 0 saturated heterocycles. The summed E-state index contributed by atoms with van der Waals surface area (Å²) in [5.74, 6) is 0.742. The predicted octanol–water partition coefficient (Wildman–Crippen LogP) is 3.68. The molecule has 25 heavy (non-hydrogen) atoms. The maximum absolute atomic E-state index is 11.5. The highest BCUT2D eigenvalue weighted by molar-refractivity contribution is 8.13. The van der Waals surface area contributed by atoms with Crippen LogP contribution in [0.15, 0.2) is 74.0 Å². The highest BCUT2D eigenvalue weighted by Crippen LogP contribution is 2.17. The number of fused-ring (bicyclic) bond motifs is 1. The number of nitrogens with two attached hydrogens (primary N) is 1. The van der Waals surface area contributed by atoms with E-state index in [4.69, 9.17) is 10.2 Å². The van der Waals surface area contributed by atoms with Crippen LogP contribution in [0.4, 0.5) is 0 Å². The smallest absolute Gasteiger partial charge is 0.336 e. The quantitative estimate of drug-likeness (QED) is 0.336. The van der Waals surface area contributed by atoms with Gasteiger partial charge in [0.25, 0.3) is 0 Å². The molecule has 0 fully saturated rings. The molecule has 5 nitrogen and oxygen atoms in total. The molecule has 6 heteroatoms. The molecule has 3 rings (SSSR count). The van der Waals surface area contributed by atoms with Crippen LogP contribution in [0, 0.1) is 6.92 Å². The second-order valence-corrected chi connectivity index (χ2v) is 6.46. The number of nitrogens with zero attached hydrogens (tertiary/aromatic N) is 2. The topological polar surface area (TPSA) is 81.0 Å². The minimum absolute atomic E-state index is 0.362. The Balaban J connectivity index is 1.69. The van der Waals surface area contributed by atoms with Gasteiger partial charge in [0.2, 0.25) is 0 Å². The molecule has 2 aromatic carbocycles. The van der Waals surface area contributed by atoms with E-state index >= 15 is 0 Å². The van der Waals surface area contributed by atoms with E-state index in [1.165, 1.54) is 23.4 Å². The normalized spacial score (nSPS) is 12.1. The first-order chi connectivity index (χ1) is 12.1. The first-order valence-electron chi connectivity index (χ1n) is 7.69. The van der Waals surface area contributed by atoms with Crippen molar-refractivity contribution in [3.63, 3.8) is 0 Å². The van der Waals surface area contributed by atoms with Crippen LogP contribution in [0.25, 0.3) is 11.0 Å². The van der Waals surface area contributed by atoms with Gasteiger partial charge in [-0.1, -0.05) is 54.2 Å². The van der Waals surface area contributed by atoms with Crippen LogP contribution in [0.5, 0.6) is 0 Å². The minimum Gasteiger partial charge on any atom is -0.423 e. The Morgan fingerprint density at radius 3 is 2.80 bits per heavy atom. The number of hydrogen-bond donors (Lipinski definition) is 1. The van der Waals surface area contributed by atoms with Gasteiger partial charge in [0.1, 0.15) is 5.58 Å². The van der Waals surface area contributed by atoms with Crippen molar-refractivity contribution in [3.05, 3.63) is 81.7 Å². The maximum Gasteiger partial charge on any atom is 0.336 e. The lowest BCUT2D eigenvalue weighted by atomic mass is 10.1. The van der Waals surface area contributed by atoms with Gasteiger partial charge in [-0.05, 0) is 29.7 Å². The van der Waals surface area contributed by atoms with E-state index in [0.717, 1.165) is 22.3 Å². The van der Waals surface area contributed by atoms with Crippen LogP contribution in [0.2, 0.25) is 0 Å². The molecule has 0 spiro atoms. The van der Waals surface area contributed by atoms with E-state index in [2.05, 4.69) is 10.2 Å². The highest BCUT2D eigenvalue weighted by atomic mass is 32.2. The van der Waals surface area contributed by atoms with Crippen LogP contribution in [-0.4, -0.2) is 11.4 Å². The number of rotatable bonds is 4. The van der Waals surface area contributed by atoms with Crippen LogP contribution in [0.1, 0.15) is 16.7 Å². The summed E-state index contributed by atoms with van der Waals surface area (Å²) in [5, 5.41) is 9.28. The Labute approximate surface area is 149 Å². The van der Waals surface area contributed by atoms with Gasteiger partial charge in [-0.3, -0.25) is 0 Å². The average Bonchev–Trinajstić information content (AvgIpc) is 2.60. The molecule has 0 saturated carbocycles. The molecule has 0 aliphatic heterocycles. The molecule has 0 radical (unpaired) electrons. The molecule has 0 atom stereocenters. The fourth-order valence-corrected chi connectivity index (χ4v) is 2.95. The van der Waals surface area contributed by atoms with Crippen molar-refractivity contribution in [2.75, 3.05) is 0 Å². The van der Waals surface area contributed by atoms with Gasteiger partial charge >= 0.3 is 5.63 Å². The van der Waals surface area contributed by atoms with Gasteiger partial charge in [-0.2, -0.15) is 5.10 Å². The Morgan fingerprint density at radius 2 is 2.00 bits per heavy atom. The molecule has 0 unspecified atom stereocenters. The number of amidine groups is 1. The molecule has 0 amide bonds. The van der Waals surface area contributed by atoms with E-state index in [0.29, 0.717) is 10.8 Å². The lowest BCUT2D eigenvalue weighted by molar-refractivity contribution is 0.560. The lowest BCUT2D eigenvalue weighted by Crippen LogP contribution is -2.06. The van der Waals surface area contributed by atoms with Gasteiger partial charge in [0.15, 0.2) is 5.17 Å². The predicted molar refractivity (Wildman–Crippen MR) is 104 cm³/mol. The van der Waals surface area contributed by atoms with Crippen molar-refractivity contribution < 1.29 is 4.42 Å². The number of aryl methyl sites for hydroxylation is 1. The summed E-state index contributed by atoms with van der Waals surface area (Å²) < 4.78 is 5.22. The highest BCUT2D eigenvalue weighted by Gasteiger charge is 2.02. The molecule has 0 aliphatic carbocycles. The molecule has 2 N–H and O–H groups in total. The van der Waals surface area contributed by atoms with E-state index < -0.39 is 0 Å². The van der Waals surface area contributed by atoms with E-state index in [1.54, 1.807) is 12.3 Å². The summed E-state index contributed by atoms with van der Waals surface area (Å²) in [4.78, 5) is 11.5. The largest absolute Gasteiger partial charge is 0.423 e. The zero-order chi connectivity index (χ0) is 17.6. The molecule has 0 bridgehead atoms. The van der Waals surface area contributed by atoms with E-state index in [1.807, 2.05) is 49.4 Å². The molecule has 1 heterocycles. The van der Waals surface area contributed by atoms with Crippen molar-refractivity contribution >= 4 is 34.1 Å². The Kier molecular flexibility index (Phi) is 5.30. The van der Waals surface area contributed by atoms with Gasteiger partial charge in [-0.25, -0.2) is 4.79 Å². The lowest BCUT2D eigenvalue weighted by Gasteiger charge is -2.01. The Morgan fingerprint density at radius 1 is 1.20 bits per heavy atom. The third kappa shape index (κ3) is 4.58. The summed E-state index contributed by atoms with van der Waals surface area (Å²) in [6.45, 7) is 1.88. The summed E-state index contributed by atoms with van der Waals surface area (Å²) in [6.07, 6.45) is 1.58. The van der Waals surface area contributed by atoms with Crippen molar-refractivity contribution in [1.82, 2.24) is 0 Å². The second kappa shape index (κ2) is 7.81. The molecule has 126 valence electrons. The van der Waals surface area contributed by atoms with E-state index in [-0.39, 0.29) is 5.63 Å². The van der Waals surface area contributed by atoms with Gasteiger partial charge in [0, 0.05) is 17.2 Å². The first-order valence-corrected chi connectivity index (χ1v) is 8.68. The van der Waals surface area contributed by atoms with Crippen LogP contribution in [-0.2, 0) is 5.75 Å². The SMILES string of the molecule is Cc1cc(=O)oc2cc(C=NN=C(N)SCc3ccccc3)ccc12. The first kappa shape index (κ1) is 17.0. The number of hydrogen-bond acceptors (Lipinski definition) is 5. The van der Waals surface area contributed by atoms with Crippen LogP contribution in [0.3, 0.4) is 0 Å². The maximum atomic E-state index is 11.5. The van der Waals surface area contributed by atoms with Crippen molar-refractivity contribution in [1.29, 1.82) is 0 Å². The zero-order valence-electron chi connectivity index (χ0n) is 13.7. The number of benzene rings is 2. The second-order valence-electron chi connectivity index (χ2n) is 5.46. The van der Waals surface area contributed by atoms with Gasteiger partial charge < -0.3 is 10.2 Å². The van der Waals surface area contributed by atoms with Crippen LogP contribution < -0.4 is 11.4 Å². The standard InChI is InChI=1S/C19H17N3O2S/c1-13-9-18(23)24-17-10-15(7-8-16(13)17)11-21-22-19(20)25-12-14-5-3-2-4-6-14/h2-11H,12H2,1H3,(H2,20,22). The molecule has 0 aliphatic rings. The van der Waals surface area contributed by atoms with Gasteiger partial charge in [0.05, 0.1) is 6.21 Å². The average molecular weight is 351 g/mol. The fourth-order valence-electron chi connectivity index (χ4n) is 2.33. The Bertz CT molecular complexity index is 994. The zero-order valence-corrected chi connectivity index (χ0v) is 14.5.